The van der Waals surface area contributed by atoms with E-state index in [1.165, 1.54) is 19.3 Å². The number of aromatic carboxylic acids is 1. The first-order valence-corrected chi connectivity index (χ1v) is 7.85. The maximum atomic E-state index is 11.2. The van der Waals surface area contributed by atoms with Gasteiger partial charge >= 0.3 is 5.97 Å². The molecule has 1 saturated carbocycles. The van der Waals surface area contributed by atoms with Crippen molar-refractivity contribution in [3.8, 4) is 0 Å². The second-order valence-corrected chi connectivity index (χ2v) is 5.88. The number of benzene rings is 1. The van der Waals surface area contributed by atoms with Crippen molar-refractivity contribution in [2.45, 2.75) is 38.2 Å². The van der Waals surface area contributed by atoms with E-state index in [-0.39, 0.29) is 5.56 Å². The van der Waals surface area contributed by atoms with Crippen molar-refractivity contribution < 1.29 is 14.6 Å². The van der Waals surface area contributed by atoms with E-state index in [1.807, 2.05) is 6.07 Å². The van der Waals surface area contributed by atoms with Gasteiger partial charge in [-0.25, -0.2) is 4.79 Å². The Kier molecular flexibility index (Phi) is 5.86. The van der Waals surface area contributed by atoms with E-state index in [4.69, 9.17) is 4.74 Å². The van der Waals surface area contributed by atoms with Gasteiger partial charge in [-0.15, -0.1) is 0 Å². The summed E-state index contributed by atoms with van der Waals surface area (Å²) in [6, 6.07) is 5.32. The predicted octanol–water partition coefficient (Wildman–Crippen LogP) is 3.91. The highest BCUT2D eigenvalue weighted by Crippen LogP contribution is 2.25. The van der Waals surface area contributed by atoms with Crippen LogP contribution in [-0.4, -0.2) is 30.3 Å². The molecule has 0 saturated heterocycles. The molecule has 0 amide bonds. The average Bonchev–Trinajstić information content (AvgIpc) is 2.44. The summed E-state index contributed by atoms with van der Waals surface area (Å²) in [5.74, 6) is -0.937. The van der Waals surface area contributed by atoms with E-state index in [0.29, 0.717) is 29.4 Å². The average molecular weight is 342 g/mol. The largest absolute Gasteiger partial charge is 0.478 e. The Bertz CT molecular complexity index is 458. The second kappa shape index (κ2) is 7.64. The number of rotatable bonds is 6. The Morgan fingerprint density at radius 2 is 2.10 bits per heavy atom. The molecule has 0 bridgehead atoms. The molecule has 20 heavy (non-hydrogen) atoms. The molecule has 1 aromatic carbocycles. The Labute approximate surface area is 127 Å². The van der Waals surface area contributed by atoms with Crippen molar-refractivity contribution in [3.63, 3.8) is 0 Å². The molecule has 0 atom stereocenters. The minimum absolute atomic E-state index is 0.269. The fourth-order valence-corrected chi connectivity index (χ4v) is 3.07. The minimum atomic E-state index is -0.937. The van der Waals surface area contributed by atoms with E-state index < -0.39 is 5.97 Å². The zero-order valence-corrected chi connectivity index (χ0v) is 13.0. The number of carbonyl (C=O) groups is 1. The fraction of sp³-hybridized carbons (Fsp3) is 0.533. The molecule has 2 rings (SSSR count). The molecular formula is C15H20BrNO3. The van der Waals surface area contributed by atoms with Crippen LogP contribution in [-0.2, 0) is 4.74 Å². The van der Waals surface area contributed by atoms with Gasteiger partial charge in [-0.3, -0.25) is 0 Å². The van der Waals surface area contributed by atoms with Crippen molar-refractivity contribution in [2.24, 2.45) is 0 Å². The molecule has 5 heteroatoms. The molecule has 0 aromatic heterocycles. The van der Waals surface area contributed by atoms with Crippen LogP contribution in [0.2, 0.25) is 0 Å². The normalized spacial score (nSPS) is 16.1. The molecule has 0 unspecified atom stereocenters. The summed E-state index contributed by atoms with van der Waals surface area (Å²) in [6.07, 6.45) is 6.51. The van der Waals surface area contributed by atoms with Crippen LogP contribution >= 0.6 is 15.9 Å². The van der Waals surface area contributed by atoms with E-state index in [0.717, 1.165) is 12.8 Å². The lowest BCUT2D eigenvalue weighted by atomic mass is 9.98. The maximum Gasteiger partial charge on any atom is 0.338 e. The first-order chi connectivity index (χ1) is 9.68. The van der Waals surface area contributed by atoms with Crippen LogP contribution in [0.3, 0.4) is 0 Å². The van der Waals surface area contributed by atoms with Crippen molar-refractivity contribution >= 4 is 27.6 Å². The highest BCUT2D eigenvalue weighted by molar-refractivity contribution is 9.10. The van der Waals surface area contributed by atoms with Gasteiger partial charge in [-0.05, 0) is 40.9 Å². The Morgan fingerprint density at radius 1 is 1.35 bits per heavy atom. The SMILES string of the molecule is O=C(O)c1c(Br)cccc1NCCOC1CCCCC1. The summed E-state index contributed by atoms with van der Waals surface area (Å²) in [5, 5.41) is 12.3. The summed E-state index contributed by atoms with van der Waals surface area (Å²) < 4.78 is 6.40. The number of anilines is 1. The van der Waals surface area contributed by atoms with Crippen LogP contribution in [0.4, 0.5) is 5.69 Å². The van der Waals surface area contributed by atoms with E-state index >= 15 is 0 Å². The van der Waals surface area contributed by atoms with E-state index in [2.05, 4.69) is 21.2 Å². The zero-order chi connectivity index (χ0) is 14.4. The third-order valence-corrected chi connectivity index (χ3v) is 4.21. The molecular weight excluding hydrogens is 322 g/mol. The highest BCUT2D eigenvalue weighted by atomic mass is 79.9. The lowest BCUT2D eigenvalue weighted by molar-refractivity contribution is 0.0347. The minimum Gasteiger partial charge on any atom is -0.478 e. The van der Waals surface area contributed by atoms with Crippen LogP contribution < -0.4 is 5.32 Å². The van der Waals surface area contributed by atoms with Crippen LogP contribution in [0.5, 0.6) is 0 Å². The van der Waals surface area contributed by atoms with Gasteiger partial charge < -0.3 is 15.2 Å². The lowest BCUT2D eigenvalue weighted by Crippen LogP contribution is -2.21. The Morgan fingerprint density at radius 3 is 2.80 bits per heavy atom. The Hall–Kier alpha value is -1.07. The summed E-state index contributed by atoms with van der Waals surface area (Å²) in [6.45, 7) is 1.23. The van der Waals surface area contributed by atoms with Crippen LogP contribution in [0.1, 0.15) is 42.5 Å². The van der Waals surface area contributed by atoms with Crippen molar-refractivity contribution in [1.82, 2.24) is 0 Å². The molecule has 0 spiro atoms. The monoisotopic (exact) mass is 341 g/mol. The number of hydrogen-bond donors (Lipinski definition) is 2. The third-order valence-electron chi connectivity index (χ3n) is 3.55. The van der Waals surface area contributed by atoms with Gasteiger partial charge in [-0.2, -0.15) is 0 Å². The van der Waals surface area contributed by atoms with Gasteiger partial charge in [0.2, 0.25) is 0 Å². The van der Waals surface area contributed by atoms with Gasteiger partial charge in [0.1, 0.15) is 0 Å². The van der Waals surface area contributed by atoms with Gasteiger partial charge in [0, 0.05) is 16.7 Å². The van der Waals surface area contributed by atoms with E-state index in [9.17, 15) is 9.90 Å². The molecule has 0 radical (unpaired) electrons. The third kappa shape index (κ3) is 4.21. The number of halogens is 1. The van der Waals surface area contributed by atoms with Crippen LogP contribution in [0.25, 0.3) is 0 Å². The maximum absolute atomic E-state index is 11.2. The lowest BCUT2D eigenvalue weighted by Gasteiger charge is -2.22. The number of carboxylic acids is 1. The fourth-order valence-electron chi connectivity index (χ4n) is 2.53. The standard InChI is InChI=1S/C15H20BrNO3/c16-12-7-4-8-13(14(12)15(18)19)17-9-10-20-11-5-2-1-3-6-11/h4,7-8,11,17H,1-3,5-6,9-10H2,(H,18,19). The smallest absolute Gasteiger partial charge is 0.338 e. The molecule has 0 heterocycles. The van der Waals surface area contributed by atoms with Crippen LogP contribution in [0, 0.1) is 0 Å². The number of hydrogen-bond acceptors (Lipinski definition) is 3. The summed E-state index contributed by atoms with van der Waals surface area (Å²) in [7, 11) is 0. The topological polar surface area (TPSA) is 58.6 Å². The molecule has 1 aliphatic carbocycles. The van der Waals surface area contributed by atoms with Gasteiger partial charge in [0.15, 0.2) is 0 Å². The summed E-state index contributed by atoms with van der Waals surface area (Å²) in [5.41, 5.74) is 0.893. The molecule has 2 N–H and O–H groups in total. The first kappa shape index (κ1) is 15.3. The van der Waals surface area contributed by atoms with Gasteiger partial charge in [0.05, 0.1) is 18.3 Å². The predicted molar refractivity (Wildman–Crippen MR) is 82.4 cm³/mol. The summed E-state index contributed by atoms with van der Waals surface area (Å²) in [4.78, 5) is 11.2. The van der Waals surface area contributed by atoms with Crippen molar-refractivity contribution in [2.75, 3.05) is 18.5 Å². The summed E-state index contributed by atoms with van der Waals surface area (Å²) >= 11 is 3.27. The first-order valence-electron chi connectivity index (χ1n) is 7.06. The molecule has 1 fully saturated rings. The van der Waals surface area contributed by atoms with Gasteiger partial charge in [-0.1, -0.05) is 25.3 Å². The molecule has 4 nitrogen and oxygen atoms in total. The number of nitrogens with one attached hydrogen (secondary N) is 1. The highest BCUT2D eigenvalue weighted by Gasteiger charge is 2.15. The second-order valence-electron chi connectivity index (χ2n) is 5.03. The molecule has 1 aliphatic rings. The number of carboxylic acid groups (broad SMARTS) is 1. The zero-order valence-electron chi connectivity index (χ0n) is 11.4. The van der Waals surface area contributed by atoms with E-state index in [1.54, 1.807) is 12.1 Å². The van der Waals surface area contributed by atoms with Crippen molar-refractivity contribution in [1.29, 1.82) is 0 Å². The van der Waals surface area contributed by atoms with Crippen LogP contribution in [0.15, 0.2) is 22.7 Å². The van der Waals surface area contributed by atoms with Gasteiger partial charge in [0.25, 0.3) is 0 Å². The Balaban J connectivity index is 1.82. The quantitative estimate of drug-likeness (QED) is 0.770. The molecule has 110 valence electrons. The number of ether oxygens (including phenoxy) is 1. The molecule has 1 aromatic rings. The molecule has 0 aliphatic heterocycles. The van der Waals surface area contributed by atoms with Crippen molar-refractivity contribution in [3.05, 3.63) is 28.2 Å².